The lowest BCUT2D eigenvalue weighted by molar-refractivity contribution is 0.785. The van der Waals surface area contributed by atoms with Crippen molar-refractivity contribution >= 4 is 33.2 Å². The Bertz CT molecular complexity index is 555. The first-order valence-electron chi connectivity index (χ1n) is 6.08. The van der Waals surface area contributed by atoms with Crippen molar-refractivity contribution in [1.29, 1.82) is 0 Å². The number of nitrogens with two attached hydrogens (primary N) is 1. The number of benzene rings is 2. The van der Waals surface area contributed by atoms with Crippen molar-refractivity contribution in [3.63, 3.8) is 0 Å². The van der Waals surface area contributed by atoms with E-state index in [1.165, 1.54) is 5.56 Å². The van der Waals surface area contributed by atoms with Gasteiger partial charge in [-0.2, -0.15) is 0 Å². The first kappa shape index (κ1) is 14.4. The van der Waals surface area contributed by atoms with Crippen molar-refractivity contribution in [3.05, 3.63) is 63.1 Å². The van der Waals surface area contributed by atoms with Gasteiger partial charge in [0.2, 0.25) is 0 Å². The summed E-state index contributed by atoms with van der Waals surface area (Å²) in [5.74, 6) is 0. The molecule has 19 heavy (non-hydrogen) atoms. The van der Waals surface area contributed by atoms with E-state index in [9.17, 15) is 0 Å². The van der Waals surface area contributed by atoms with E-state index >= 15 is 0 Å². The van der Waals surface area contributed by atoms with Crippen LogP contribution in [0.5, 0.6) is 0 Å². The van der Waals surface area contributed by atoms with E-state index in [0.717, 1.165) is 20.7 Å². The van der Waals surface area contributed by atoms with Crippen molar-refractivity contribution in [2.24, 2.45) is 5.73 Å². The van der Waals surface area contributed by atoms with Gasteiger partial charge in [0.1, 0.15) is 0 Å². The molecule has 2 aromatic carbocycles. The summed E-state index contributed by atoms with van der Waals surface area (Å²) in [7, 11) is 0. The summed E-state index contributed by atoms with van der Waals surface area (Å²) in [5.41, 5.74) is 9.26. The highest BCUT2D eigenvalue weighted by molar-refractivity contribution is 9.10. The van der Waals surface area contributed by atoms with Crippen LogP contribution in [0, 0.1) is 6.92 Å². The molecule has 0 saturated heterocycles. The molecule has 0 aromatic heterocycles. The standard InChI is InChI=1S/C15H16BrClN2/c1-10-2-7-13(14(16)8-10)15(9-18)19-12-5-3-11(17)4-6-12/h2-8,15,19H,9,18H2,1H3. The molecule has 100 valence electrons. The topological polar surface area (TPSA) is 38.0 Å². The average Bonchev–Trinajstić information content (AvgIpc) is 2.39. The molecular weight excluding hydrogens is 324 g/mol. The van der Waals surface area contributed by atoms with Gasteiger partial charge in [0, 0.05) is 21.7 Å². The molecule has 3 N–H and O–H groups in total. The maximum Gasteiger partial charge on any atom is 0.0647 e. The molecule has 0 spiro atoms. The normalized spacial score (nSPS) is 12.2. The van der Waals surface area contributed by atoms with Crippen LogP contribution in [-0.4, -0.2) is 6.54 Å². The summed E-state index contributed by atoms with van der Waals surface area (Å²) in [6.07, 6.45) is 0. The first-order valence-corrected chi connectivity index (χ1v) is 7.25. The lowest BCUT2D eigenvalue weighted by Crippen LogP contribution is -2.21. The highest BCUT2D eigenvalue weighted by Crippen LogP contribution is 2.27. The van der Waals surface area contributed by atoms with Crippen LogP contribution in [0.2, 0.25) is 5.02 Å². The quantitative estimate of drug-likeness (QED) is 0.859. The molecule has 0 radical (unpaired) electrons. The third-order valence-corrected chi connectivity index (χ3v) is 3.89. The number of anilines is 1. The van der Waals surface area contributed by atoms with Gasteiger partial charge in [-0.1, -0.05) is 39.7 Å². The van der Waals surface area contributed by atoms with Crippen LogP contribution in [0.25, 0.3) is 0 Å². The molecular formula is C15H16BrClN2. The van der Waals surface area contributed by atoms with E-state index in [1.807, 2.05) is 24.3 Å². The van der Waals surface area contributed by atoms with Gasteiger partial charge in [-0.05, 0) is 48.4 Å². The number of aryl methyl sites for hydroxylation is 1. The zero-order valence-electron chi connectivity index (χ0n) is 10.7. The van der Waals surface area contributed by atoms with Crippen LogP contribution in [0.4, 0.5) is 5.69 Å². The summed E-state index contributed by atoms with van der Waals surface area (Å²) >= 11 is 9.48. The van der Waals surface area contributed by atoms with Gasteiger partial charge in [-0.25, -0.2) is 0 Å². The van der Waals surface area contributed by atoms with Gasteiger partial charge in [0.25, 0.3) is 0 Å². The number of hydrogen-bond donors (Lipinski definition) is 2. The van der Waals surface area contributed by atoms with Crippen molar-refractivity contribution in [3.8, 4) is 0 Å². The van der Waals surface area contributed by atoms with E-state index in [1.54, 1.807) is 0 Å². The largest absolute Gasteiger partial charge is 0.377 e. The third kappa shape index (κ3) is 3.72. The Hall–Kier alpha value is -1.03. The molecule has 4 heteroatoms. The summed E-state index contributed by atoms with van der Waals surface area (Å²) in [6, 6.07) is 14.0. The number of hydrogen-bond acceptors (Lipinski definition) is 2. The molecule has 2 nitrogen and oxygen atoms in total. The Morgan fingerprint density at radius 3 is 2.47 bits per heavy atom. The second-order valence-electron chi connectivity index (χ2n) is 4.46. The van der Waals surface area contributed by atoms with Crippen LogP contribution in [0.3, 0.4) is 0 Å². The smallest absolute Gasteiger partial charge is 0.0647 e. The van der Waals surface area contributed by atoms with E-state index in [-0.39, 0.29) is 6.04 Å². The van der Waals surface area contributed by atoms with Gasteiger partial charge < -0.3 is 11.1 Å². The van der Waals surface area contributed by atoms with Gasteiger partial charge in [-0.15, -0.1) is 0 Å². The zero-order chi connectivity index (χ0) is 13.8. The van der Waals surface area contributed by atoms with Gasteiger partial charge in [0.05, 0.1) is 6.04 Å². The lowest BCUT2D eigenvalue weighted by atomic mass is 10.0. The first-order chi connectivity index (χ1) is 9.10. The number of nitrogens with one attached hydrogen (secondary N) is 1. The van der Waals surface area contributed by atoms with Crippen molar-refractivity contribution in [1.82, 2.24) is 0 Å². The fraction of sp³-hybridized carbons (Fsp3) is 0.200. The predicted molar refractivity (Wildman–Crippen MR) is 85.7 cm³/mol. The summed E-state index contributed by atoms with van der Waals surface area (Å²) in [6.45, 7) is 2.59. The highest BCUT2D eigenvalue weighted by atomic mass is 79.9. The van der Waals surface area contributed by atoms with E-state index in [0.29, 0.717) is 6.54 Å². The van der Waals surface area contributed by atoms with Gasteiger partial charge in [-0.3, -0.25) is 0 Å². The highest BCUT2D eigenvalue weighted by Gasteiger charge is 2.12. The molecule has 1 atom stereocenters. The summed E-state index contributed by atoms with van der Waals surface area (Å²) in [5, 5.41) is 4.15. The van der Waals surface area contributed by atoms with Gasteiger partial charge in [0.15, 0.2) is 0 Å². The second kappa shape index (κ2) is 6.42. The fourth-order valence-corrected chi connectivity index (χ4v) is 2.82. The molecule has 0 amide bonds. The molecule has 0 bridgehead atoms. The molecule has 2 rings (SSSR count). The molecule has 1 unspecified atom stereocenters. The molecule has 2 aromatic rings. The van der Waals surface area contributed by atoms with E-state index < -0.39 is 0 Å². The molecule has 0 aliphatic carbocycles. The maximum absolute atomic E-state index is 5.88. The molecule has 0 aliphatic heterocycles. The van der Waals surface area contributed by atoms with Crippen LogP contribution in [0.15, 0.2) is 46.9 Å². The lowest BCUT2D eigenvalue weighted by Gasteiger charge is -2.20. The van der Waals surface area contributed by atoms with Gasteiger partial charge >= 0.3 is 0 Å². The van der Waals surface area contributed by atoms with E-state index in [2.05, 4.69) is 46.4 Å². The Morgan fingerprint density at radius 2 is 1.89 bits per heavy atom. The van der Waals surface area contributed by atoms with Crippen molar-refractivity contribution < 1.29 is 0 Å². The predicted octanol–water partition coefficient (Wildman–Crippen LogP) is 4.52. The molecule has 0 heterocycles. The minimum Gasteiger partial charge on any atom is -0.377 e. The Labute approximate surface area is 127 Å². The minimum absolute atomic E-state index is 0.0659. The Morgan fingerprint density at radius 1 is 1.21 bits per heavy atom. The number of halogens is 2. The third-order valence-electron chi connectivity index (χ3n) is 2.95. The summed E-state index contributed by atoms with van der Waals surface area (Å²) in [4.78, 5) is 0. The van der Waals surface area contributed by atoms with Crippen LogP contribution in [-0.2, 0) is 0 Å². The average molecular weight is 340 g/mol. The van der Waals surface area contributed by atoms with Crippen LogP contribution >= 0.6 is 27.5 Å². The van der Waals surface area contributed by atoms with E-state index in [4.69, 9.17) is 17.3 Å². The molecule has 0 fully saturated rings. The second-order valence-corrected chi connectivity index (χ2v) is 5.76. The van der Waals surface area contributed by atoms with Crippen LogP contribution in [0.1, 0.15) is 17.2 Å². The van der Waals surface area contributed by atoms with Crippen molar-refractivity contribution in [2.45, 2.75) is 13.0 Å². The number of rotatable bonds is 4. The minimum atomic E-state index is 0.0659. The summed E-state index contributed by atoms with van der Waals surface area (Å²) < 4.78 is 1.07. The maximum atomic E-state index is 5.88. The Kier molecular flexibility index (Phi) is 4.86. The SMILES string of the molecule is Cc1ccc(C(CN)Nc2ccc(Cl)cc2)c(Br)c1. The monoisotopic (exact) mass is 338 g/mol. The van der Waals surface area contributed by atoms with Crippen LogP contribution < -0.4 is 11.1 Å². The fourth-order valence-electron chi connectivity index (χ4n) is 1.93. The molecule has 0 saturated carbocycles. The van der Waals surface area contributed by atoms with Crippen molar-refractivity contribution in [2.75, 3.05) is 11.9 Å². The Balaban J connectivity index is 2.22. The molecule has 0 aliphatic rings. The zero-order valence-corrected chi connectivity index (χ0v) is 13.0.